The van der Waals surface area contributed by atoms with Crippen molar-refractivity contribution in [1.29, 1.82) is 0 Å². The first kappa shape index (κ1) is 20.4. The summed E-state index contributed by atoms with van der Waals surface area (Å²) in [6.07, 6.45) is -4.47. The summed E-state index contributed by atoms with van der Waals surface area (Å²) in [4.78, 5) is 26.3. The summed E-state index contributed by atoms with van der Waals surface area (Å²) in [6.45, 7) is 1.63. The van der Waals surface area contributed by atoms with Crippen molar-refractivity contribution in [2.75, 3.05) is 7.05 Å². The van der Waals surface area contributed by atoms with Gasteiger partial charge in [-0.05, 0) is 30.2 Å². The molecule has 2 aromatic rings. The van der Waals surface area contributed by atoms with Crippen LogP contribution in [0.3, 0.4) is 0 Å². The van der Waals surface area contributed by atoms with Crippen molar-refractivity contribution in [3.63, 3.8) is 0 Å². The summed E-state index contributed by atoms with van der Waals surface area (Å²) < 4.78 is 43.9. The van der Waals surface area contributed by atoms with Gasteiger partial charge < -0.3 is 15.0 Å². The zero-order valence-electron chi connectivity index (χ0n) is 15.8. The lowest BCUT2D eigenvalue weighted by Crippen LogP contribution is -2.46. The van der Waals surface area contributed by atoms with Crippen molar-refractivity contribution >= 4 is 12.0 Å². The van der Waals surface area contributed by atoms with E-state index >= 15 is 0 Å². The van der Waals surface area contributed by atoms with Gasteiger partial charge in [-0.1, -0.05) is 42.5 Å². The summed E-state index contributed by atoms with van der Waals surface area (Å²) in [5.41, 5.74) is 0.873. The SMILES string of the molecule is CC1=C(C(=O)OCc2ccccc2)[C@H](c2ccc(C(F)(F)F)cc2)NC(=O)N1C. The number of amides is 2. The molecule has 1 aliphatic rings. The fourth-order valence-corrected chi connectivity index (χ4v) is 3.02. The molecule has 1 N–H and O–H groups in total. The number of urea groups is 1. The van der Waals surface area contributed by atoms with E-state index in [0.29, 0.717) is 11.3 Å². The van der Waals surface area contributed by atoms with Crippen molar-refractivity contribution in [3.05, 3.63) is 82.6 Å². The number of ether oxygens (including phenoxy) is 1. The number of nitrogens with zero attached hydrogens (tertiary/aromatic N) is 1. The Balaban J connectivity index is 1.90. The van der Waals surface area contributed by atoms with Crippen molar-refractivity contribution < 1.29 is 27.5 Å². The number of hydrogen-bond donors (Lipinski definition) is 1. The van der Waals surface area contributed by atoms with Gasteiger partial charge in [0.1, 0.15) is 6.61 Å². The highest BCUT2D eigenvalue weighted by Gasteiger charge is 2.36. The second kappa shape index (κ2) is 7.98. The van der Waals surface area contributed by atoms with Crippen molar-refractivity contribution in [2.45, 2.75) is 25.7 Å². The van der Waals surface area contributed by atoms with Crippen LogP contribution in [0.2, 0.25) is 0 Å². The molecule has 0 radical (unpaired) electrons. The Labute approximate surface area is 165 Å². The first-order chi connectivity index (χ1) is 13.7. The molecule has 2 aromatic carbocycles. The third kappa shape index (κ3) is 4.42. The molecule has 3 rings (SSSR count). The van der Waals surface area contributed by atoms with Gasteiger partial charge >= 0.3 is 18.2 Å². The van der Waals surface area contributed by atoms with E-state index in [1.54, 1.807) is 19.1 Å². The van der Waals surface area contributed by atoms with Crippen LogP contribution >= 0.6 is 0 Å². The first-order valence-electron chi connectivity index (χ1n) is 8.81. The molecule has 0 aliphatic carbocycles. The summed E-state index contributed by atoms with van der Waals surface area (Å²) >= 11 is 0. The minimum atomic E-state index is -4.47. The Morgan fingerprint density at radius 2 is 1.72 bits per heavy atom. The number of benzene rings is 2. The number of alkyl halides is 3. The minimum absolute atomic E-state index is 0.0356. The lowest BCUT2D eigenvalue weighted by Gasteiger charge is -2.33. The highest BCUT2D eigenvalue weighted by Crippen LogP contribution is 2.34. The molecule has 0 saturated heterocycles. The third-order valence-corrected chi connectivity index (χ3v) is 4.76. The molecule has 0 fully saturated rings. The molecule has 29 heavy (non-hydrogen) atoms. The normalized spacial score (nSPS) is 17.2. The molecule has 8 heteroatoms. The van der Waals surface area contributed by atoms with Crippen LogP contribution in [-0.4, -0.2) is 23.9 Å². The summed E-state index contributed by atoms with van der Waals surface area (Å²) in [5.74, 6) is -0.650. The predicted molar refractivity (Wildman–Crippen MR) is 99.4 cm³/mol. The van der Waals surface area contributed by atoms with E-state index in [0.717, 1.165) is 17.7 Å². The Morgan fingerprint density at radius 3 is 2.31 bits per heavy atom. The number of allylic oxidation sites excluding steroid dienone is 1. The van der Waals surface area contributed by atoms with Gasteiger partial charge in [-0.2, -0.15) is 13.2 Å². The molecule has 1 atom stereocenters. The fraction of sp³-hybridized carbons (Fsp3) is 0.238. The number of esters is 1. The zero-order chi connectivity index (χ0) is 21.2. The summed E-state index contributed by atoms with van der Waals surface area (Å²) in [5, 5.41) is 2.65. The molecular weight excluding hydrogens is 385 g/mol. The van der Waals surface area contributed by atoms with E-state index in [-0.39, 0.29) is 12.2 Å². The monoisotopic (exact) mass is 404 g/mol. The fourth-order valence-electron chi connectivity index (χ4n) is 3.02. The predicted octanol–water partition coefficient (Wildman–Crippen LogP) is 4.42. The van der Waals surface area contributed by atoms with Gasteiger partial charge in [0.25, 0.3) is 0 Å². The van der Waals surface area contributed by atoms with Gasteiger partial charge in [-0.3, -0.25) is 0 Å². The Morgan fingerprint density at radius 1 is 1.10 bits per heavy atom. The van der Waals surface area contributed by atoms with Gasteiger partial charge in [0.2, 0.25) is 0 Å². The number of nitrogens with one attached hydrogen (secondary N) is 1. The molecule has 1 heterocycles. The van der Waals surface area contributed by atoms with E-state index in [1.165, 1.54) is 24.1 Å². The minimum Gasteiger partial charge on any atom is -0.457 e. The topological polar surface area (TPSA) is 58.6 Å². The van der Waals surface area contributed by atoms with E-state index < -0.39 is 29.8 Å². The zero-order valence-corrected chi connectivity index (χ0v) is 15.8. The first-order valence-corrected chi connectivity index (χ1v) is 8.81. The molecule has 5 nitrogen and oxygen atoms in total. The molecule has 1 aliphatic heterocycles. The van der Waals surface area contributed by atoms with E-state index in [9.17, 15) is 22.8 Å². The Kier molecular flexibility index (Phi) is 5.63. The third-order valence-electron chi connectivity index (χ3n) is 4.76. The number of rotatable bonds is 4. The lowest BCUT2D eigenvalue weighted by atomic mass is 9.94. The highest BCUT2D eigenvalue weighted by atomic mass is 19.4. The lowest BCUT2D eigenvalue weighted by molar-refractivity contribution is -0.141. The van der Waals surface area contributed by atoms with Crippen molar-refractivity contribution in [3.8, 4) is 0 Å². The van der Waals surface area contributed by atoms with Crippen molar-refractivity contribution in [1.82, 2.24) is 10.2 Å². The van der Waals surface area contributed by atoms with E-state index in [4.69, 9.17) is 4.74 Å². The smallest absolute Gasteiger partial charge is 0.416 e. The van der Waals surface area contributed by atoms with Crippen LogP contribution in [0.25, 0.3) is 0 Å². The van der Waals surface area contributed by atoms with Crippen LogP contribution in [0, 0.1) is 0 Å². The molecule has 0 unspecified atom stereocenters. The molecule has 0 spiro atoms. The van der Waals surface area contributed by atoms with Crippen molar-refractivity contribution in [2.24, 2.45) is 0 Å². The maximum atomic E-state index is 12.8. The van der Waals surface area contributed by atoms with Gasteiger partial charge in [-0.15, -0.1) is 0 Å². The van der Waals surface area contributed by atoms with Gasteiger partial charge in [0, 0.05) is 12.7 Å². The van der Waals surface area contributed by atoms with Crippen LogP contribution in [-0.2, 0) is 22.3 Å². The maximum absolute atomic E-state index is 12.8. The second-order valence-electron chi connectivity index (χ2n) is 6.62. The number of carbonyl (C=O) groups excluding carboxylic acids is 2. The van der Waals surface area contributed by atoms with Crippen LogP contribution in [0.4, 0.5) is 18.0 Å². The molecule has 0 bridgehead atoms. The van der Waals surface area contributed by atoms with Crippen LogP contribution < -0.4 is 5.32 Å². The van der Waals surface area contributed by atoms with Gasteiger partial charge in [0.15, 0.2) is 0 Å². The molecular formula is C21H19F3N2O3. The summed E-state index contributed by atoms with van der Waals surface area (Å²) in [7, 11) is 1.50. The summed E-state index contributed by atoms with van der Waals surface area (Å²) in [6, 6.07) is 12.0. The van der Waals surface area contributed by atoms with Crippen LogP contribution in [0.1, 0.15) is 29.7 Å². The molecule has 152 valence electrons. The second-order valence-corrected chi connectivity index (χ2v) is 6.62. The Bertz CT molecular complexity index is 938. The standard InChI is InChI=1S/C21H19F3N2O3/c1-13-17(19(27)29-12-14-6-4-3-5-7-14)18(25-20(28)26(13)2)15-8-10-16(11-9-15)21(22,23)24/h3-11,18H,12H2,1-2H3,(H,25,28)/t18-/m0/s1. The number of carbonyl (C=O) groups is 2. The van der Waals surface area contributed by atoms with Gasteiger partial charge in [-0.25, -0.2) is 9.59 Å². The largest absolute Gasteiger partial charge is 0.457 e. The molecule has 2 amide bonds. The van der Waals surface area contributed by atoms with Gasteiger partial charge in [0.05, 0.1) is 17.2 Å². The number of hydrogen-bond acceptors (Lipinski definition) is 3. The maximum Gasteiger partial charge on any atom is 0.416 e. The average Bonchev–Trinajstić information content (AvgIpc) is 2.70. The van der Waals surface area contributed by atoms with E-state index in [2.05, 4.69) is 5.32 Å². The Hall–Kier alpha value is -3.29. The van der Waals surface area contributed by atoms with Crippen LogP contribution in [0.15, 0.2) is 65.9 Å². The quantitative estimate of drug-likeness (QED) is 0.768. The number of halogens is 3. The van der Waals surface area contributed by atoms with Crippen LogP contribution in [0.5, 0.6) is 0 Å². The molecule has 0 saturated carbocycles. The van der Waals surface area contributed by atoms with E-state index in [1.807, 2.05) is 18.2 Å². The molecule has 0 aromatic heterocycles. The average molecular weight is 404 g/mol. The highest BCUT2D eigenvalue weighted by molar-refractivity contribution is 5.95.